The molecular formula is C12H15N3O3. The molecule has 1 aliphatic heterocycles. The van der Waals surface area contributed by atoms with Crippen LogP contribution in [0.5, 0.6) is 0 Å². The molecule has 0 atom stereocenters. The molecule has 1 aromatic rings. The van der Waals surface area contributed by atoms with Crippen LogP contribution in [0.1, 0.15) is 18.4 Å². The summed E-state index contributed by atoms with van der Waals surface area (Å²) in [7, 11) is 0. The Hall–Kier alpha value is -2.11. The highest BCUT2D eigenvalue weighted by atomic mass is 16.6. The molecule has 1 heterocycles. The van der Waals surface area contributed by atoms with Crippen LogP contribution >= 0.6 is 0 Å². The van der Waals surface area contributed by atoms with E-state index in [4.69, 9.17) is 0 Å². The maximum Gasteiger partial charge on any atom is 0.322 e. The molecule has 1 fully saturated rings. The number of likely N-dealkylation sites (tertiary alicyclic amines) is 1. The molecule has 2 amide bonds. The van der Waals surface area contributed by atoms with Crippen LogP contribution in [0, 0.1) is 17.0 Å². The molecule has 0 aliphatic carbocycles. The number of hydrogen-bond acceptors (Lipinski definition) is 3. The molecule has 1 aliphatic rings. The lowest BCUT2D eigenvalue weighted by Crippen LogP contribution is -2.32. The molecule has 2 rings (SSSR count). The quantitative estimate of drug-likeness (QED) is 0.646. The van der Waals surface area contributed by atoms with E-state index >= 15 is 0 Å². The number of urea groups is 1. The summed E-state index contributed by atoms with van der Waals surface area (Å²) < 4.78 is 0. The molecule has 0 radical (unpaired) electrons. The van der Waals surface area contributed by atoms with E-state index in [0.29, 0.717) is 13.1 Å². The molecule has 1 saturated heterocycles. The number of carbonyl (C=O) groups excluding carboxylic acids is 1. The monoisotopic (exact) mass is 249 g/mol. The Morgan fingerprint density at radius 3 is 2.67 bits per heavy atom. The minimum absolute atomic E-state index is 0.0758. The maximum absolute atomic E-state index is 11.9. The lowest BCUT2D eigenvalue weighted by molar-refractivity contribution is -0.383. The molecule has 0 bridgehead atoms. The Morgan fingerprint density at radius 2 is 2.06 bits per heavy atom. The van der Waals surface area contributed by atoms with Gasteiger partial charge in [-0.2, -0.15) is 0 Å². The number of nitro benzene ring substituents is 1. The van der Waals surface area contributed by atoms with Crippen LogP contribution in [0.2, 0.25) is 0 Å². The summed E-state index contributed by atoms with van der Waals surface area (Å²) in [5.41, 5.74) is 1.06. The van der Waals surface area contributed by atoms with Crippen molar-refractivity contribution in [2.45, 2.75) is 19.8 Å². The number of benzene rings is 1. The molecule has 6 heteroatoms. The third-order valence-corrected chi connectivity index (χ3v) is 2.98. The fourth-order valence-electron chi connectivity index (χ4n) is 2.02. The van der Waals surface area contributed by atoms with Crippen LogP contribution in [-0.4, -0.2) is 28.9 Å². The van der Waals surface area contributed by atoms with Crippen molar-refractivity contribution in [2.75, 3.05) is 18.4 Å². The number of nitro groups is 1. The van der Waals surface area contributed by atoms with E-state index in [1.165, 1.54) is 6.07 Å². The zero-order chi connectivity index (χ0) is 13.1. The Kier molecular flexibility index (Phi) is 3.45. The Bertz CT molecular complexity index is 481. The van der Waals surface area contributed by atoms with Gasteiger partial charge in [0.05, 0.1) is 4.92 Å². The van der Waals surface area contributed by atoms with Gasteiger partial charge >= 0.3 is 6.03 Å². The second kappa shape index (κ2) is 5.03. The van der Waals surface area contributed by atoms with E-state index in [1.54, 1.807) is 17.0 Å². The van der Waals surface area contributed by atoms with Crippen molar-refractivity contribution in [3.05, 3.63) is 33.9 Å². The first kappa shape index (κ1) is 12.3. The Balaban J connectivity index is 2.19. The topological polar surface area (TPSA) is 75.5 Å². The summed E-state index contributed by atoms with van der Waals surface area (Å²) in [6.45, 7) is 3.26. The molecule has 1 N–H and O–H groups in total. The lowest BCUT2D eigenvalue weighted by Gasteiger charge is -2.16. The van der Waals surface area contributed by atoms with Crippen LogP contribution in [0.15, 0.2) is 18.2 Å². The summed E-state index contributed by atoms with van der Waals surface area (Å²) in [6.07, 6.45) is 1.98. The molecule has 96 valence electrons. The molecule has 1 aromatic carbocycles. The first-order valence-electron chi connectivity index (χ1n) is 5.89. The van der Waals surface area contributed by atoms with Gasteiger partial charge in [0, 0.05) is 19.2 Å². The lowest BCUT2D eigenvalue weighted by atomic mass is 10.2. The third-order valence-electron chi connectivity index (χ3n) is 2.98. The van der Waals surface area contributed by atoms with Crippen molar-refractivity contribution in [2.24, 2.45) is 0 Å². The van der Waals surface area contributed by atoms with Gasteiger partial charge in [0.25, 0.3) is 5.69 Å². The average molecular weight is 249 g/mol. The maximum atomic E-state index is 11.9. The fraction of sp³-hybridized carbons (Fsp3) is 0.417. The number of carbonyl (C=O) groups is 1. The second-order valence-electron chi connectivity index (χ2n) is 4.40. The van der Waals surface area contributed by atoms with Crippen LogP contribution in [-0.2, 0) is 0 Å². The normalized spacial score (nSPS) is 14.6. The van der Waals surface area contributed by atoms with Gasteiger partial charge in [-0.3, -0.25) is 10.1 Å². The number of anilines is 1. The largest absolute Gasteiger partial charge is 0.325 e. The summed E-state index contributed by atoms with van der Waals surface area (Å²) >= 11 is 0. The summed E-state index contributed by atoms with van der Waals surface area (Å²) in [5.74, 6) is 0. The highest BCUT2D eigenvalue weighted by Crippen LogP contribution is 2.25. The molecule has 18 heavy (non-hydrogen) atoms. The van der Waals surface area contributed by atoms with Gasteiger partial charge in [-0.05, 0) is 31.4 Å². The number of nitrogens with one attached hydrogen (secondary N) is 1. The average Bonchev–Trinajstić information content (AvgIpc) is 2.81. The van der Waals surface area contributed by atoms with Gasteiger partial charge in [-0.25, -0.2) is 4.79 Å². The smallest absolute Gasteiger partial charge is 0.322 e. The summed E-state index contributed by atoms with van der Waals surface area (Å²) in [6, 6.07) is 4.42. The molecule has 0 saturated carbocycles. The number of amides is 2. The number of hydrogen-bond donors (Lipinski definition) is 1. The van der Waals surface area contributed by atoms with Gasteiger partial charge < -0.3 is 10.2 Å². The highest BCUT2D eigenvalue weighted by molar-refractivity contribution is 5.92. The van der Waals surface area contributed by atoms with Gasteiger partial charge in [0.2, 0.25) is 0 Å². The number of aryl methyl sites for hydroxylation is 1. The Labute approximate surface area is 105 Å². The second-order valence-corrected chi connectivity index (χ2v) is 4.40. The highest BCUT2D eigenvalue weighted by Gasteiger charge is 2.21. The predicted molar refractivity (Wildman–Crippen MR) is 67.7 cm³/mol. The number of rotatable bonds is 2. The van der Waals surface area contributed by atoms with Crippen molar-refractivity contribution < 1.29 is 9.72 Å². The zero-order valence-electron chi connectivity index (χ0n) is 10.2. The minimum atomic E-state index is -0.487. The first-order valence-corrected chi connectivity index (χ1v) is 5.89. The van der Waals surface area contributed by atoms with E-state index in [-0.39, 0.29) is 17.4 Å². The molecule has 0 aromatic heterocycles. The van der Waals surface area contributed by atoms with Crippen molar-refractivity contribution in [1.82, 2.24) is 4.90 Å². The van der Waals surface area contributed by atoms with Gasteiger partial charge in [-0.1, -0.05) is 6.07 Å². The van der Waals surface area contributed by atoms with Crippen LogP contribution < -0.4 is 5.32 Å². The zero-order valence-corrected chi connectivity index (χ0v) is 10.2. The van der Waals surface area contributed by atoms with E-state index in [1.807, 2.05) is 6.92 Å². The molecule has 6 nitrogen and oxygen atoms in total. The van der Waals surface area contributed by atoms with Crippen LogP contribution in [0.4, 0.5) is 16.2 Å². The van der Waals surface area contributed by atoms with Crippen molar-refractivity contribution in [3.8, 4) is 0 Å². The minimum Gasteiger partial charge on any atom is -0.325 e. The fourth-order valence-corrected chi connectivity index (χ4v) is 2.02. The van der Waals surface area contributed by atoms with E-state index in [2.05, 4.69) is 5.32 Å². The predicted octanol–water partition coefficient (Wildman–Crippen LogP) is 2.53. The Morgan fingerprint density at radius 1 is 1.39 bits per heavy atom. The van der Waals surface area contributed by atoms with E-state index < -0.39 is 4.92 Å². The summed E-state index contributed by atoms with van der Waals surface area (Å²) in [4.78, 5) is 24.0. The molecule has 0 unspecified atom stereocenters. The van der Waals surface area contributed by atoms with Crippen molar-refractivity contribution >= 4 is 17.4 Å². The first-order chi connectivity index (χ1) is 8.58. The van der Waals surface area contributed by atoms with Crippen LogP contribution in [0.25, 0.3) is 0 Å². The van der Waals surface area contributed by atoms with Crippen LogP contribution in [0.3, 0.4) is 0 Å². The molecule has 0 spiro atoms. The van der Waals surface area contributed by atoms with E-state index in [0.717, 1.165) is 18.4 Å². The standard InChI is InChI=1S/C12H15N3O3/c1-9-4-5-11(15(17)18)10(8-9)13-12(16)14-6-2-3-7-14/h4-5,8H,2-3,6-7H2,1H3,(H,13,16). The van der Waals surface area contributed by atoms with Crippen molar-refractivity contribution in [1.29, 1.82) is 0 Å². The van der Waals surface area contributed by atoms with E-state index in [9.17, 15) is 14.9 Å². The van der Waals surface area contributed by atoms with Crippen molar-refractivity contribution in [3.63, 3.8) is 0 Å². The van der Waals surface area contributed by atoms with Gasteiger partial charge in [-0.15, -0.1) is 0 Å². The van der Waals surface area contributed by atoms with Gasteiger partial charge in [0.1, 0.15) is 5.69 Å². The molecular weight excluding hydrogens is 234 g/mol. The summed E-state index contributed by atoms with van der Waals surface area (Å²) in [5, 5.41) is 13.5. The SMILES string of the molecule is Cc1ccc([N+](=O)[O-])c(NC(=O)N2CCCC2)c1. The third kappa shape index (κ3) is 2.58. The number of nitrogens with zero attached hydrogens (tertiary/aromatic N) is 2. The van der Waals surface area contributed by atoms with Gasteiger partial charge in [0.15, 0.2) is 0 Å².